The second-order valence-electron chi connectivity index (χ2n) is 5.12. The topological polar surface area (TPSA) is 33.3 Å². The highest BCUT2D eigenvalue weighted by molar-refractivity contribution is 7.99. The van der Waals surface area contributed by atoms with Gasteiger partial charge in [-0.25, -0.2) is 0 Å². The first kappa shape index (κ1) is 17.6. The highest BCUT2D eigenvalue weighted by Gasteiger charge is 1.98. The van der Waals surface area contributed by atoms with Crippen LogP contribution in [-0.2, 0) is 0 Å². The fourth-order valence-electron chi connectivity index (χ4n) is 1.95. The minimum atomic E-state index is 0.670. The van der Waals surface area contributed by atoms with E-state index in [1.807, 2.05) is 36.0 Å². The van der Waals surface area contributed by atoms with Gasteiger partial charge in [0.25, 0.3) is 0 Å². The van der Waals surface area contributed by atoms with Gasteiger partial charge in [0.15, 0.2) is 5.11 Å². The van der Waals surface area contributed by atoms with E-state index in [1.165, 1.54) is 10.5 Å². The summed E-state index contributed by atoms with van der Waals surface area (Å²) in [6.07, 6.45) is 1.05. The van der Waals surface area contributed by atoms with Crippen molar-refractivity contribution in [2.75, 3.05) is 24.7 Å². The molecule has 0 heterocycles. The average molecular weight is 347 g/mol. The highest BCUT2D eigenvalue weighted by atomic mass is 32.2. The van der Waals surface area contributed by atoms with E-state index in [2.05, 4.69) is 41.8 Å². The summed E-state index contributed by atoms with van der Waals surface area (Å²) in [7, 11) is 1.68. The molecule has 2 aromatic rings. The number of thiocarbonyl (C=S) groups is 1. The van der Waals surface area contributed by atoms with Gasteiger partial charge in [-0.3, -0.25) is 0 Å². The van der Waals surface area contributed by atoms with E-state index >= 15 is 0 Å². The van der Waals surface area contributed by atoms with Crippen LogP contribution in [0.25, 0.3) is 0 Å². The number of hydrogen-bond donors (Lipinski definition) is 2. The Morgan fingerprint density at radius 2 is 1.78 bits per heavy atom. The molecule has 2 rings (SSSR count). The fourth-order valence-corrected chi connectivity index (χ4v) is 3.02. The number of nitrogens with one attached hydrogen (secondary N) is 2. The molecule has 2 aromatic carbocycles. The van der Waals surface area contributed by atoms with Crippen LogP contribution in [0.15, 0.2) is 53.4 Å². The molecule has 0 fully saturated rings. The number of rotatable bonds is 7. The molecule has 0 aromatic heterocycles. The van der Waals surface area contributed by atoms with Gasteiger partial charge in [-0.15, -0.1) is 11.8 Å². The number of benzene rings is 2. The third-order valence-corrected chi connectivity index (χ3v) is 4.59. The maximum Gasteiger partial charge on any atom is 0.170 e. The molecule has 0 aliphatic carbocycles. The van der Waals surface area contributed by atoms with Crippen LogP contribution in [0.3, 0.4) is 0 Å². The van der Waals surface area contributed by atoms with Gasteiger partial charge >= 0.3 is 0 Å². The molecule has 0 radical (unpaired) electrons. The van der Waals surface area contributed by atoms with Crippen LogP contribution in [0, 0.1) is 6.92 Å². The Morgan fingerprint density at radius 3 is 2.43 bits per heavy atom. The summed E-state index contributed by atoms with van der Waals surface area (Å²) < 4.78 is 5.15. The summed E-state index contributed by atoms with van der Waals surface area (Å²) in [5.74, 6) is 1.94. The standard InChI is InChI=1S/C18H22N2OS2/c1-14-4-6-15(7-5-14)20-18(22)19-12-3-13-23-17-10-8-16(21-2)9-11-17/h4-11H,3,12-13H2,1-2H3,(H2,19,20,22). The number of aryl methyl sites for hydroxylation is 1. The van der Waals surface area contributed by atoms with Gasteiger partial charge in [0.05, 0.1) is 7.11 Å². The quantitative estimate of drug-likeness (QED) is 0.439. The molecule has 0 unspecified atom stereocenters. The molecule has 0 aliphatic heterocycles. The molecule has 23 heavy (non-hydrogen) atoms. The molecule has 0 saturated carbocycles. The molecule has 0 spiro atoms. The van der Waals surface area contributed by atoms with Crippen LogP contribution < -0.4 is 15.4 Å². The number of hydrogen-bond acceptors (Lipinski definition) is 3. The van der Waals surface area contributed by atoms with E-state index in [0.29, 0.717) is 5.11 Å². The lowest BCUT2D eigenvalue weighted by Crippen LogP contribution is -2.29. The first-order valence-electron chi connectivity index (χ1n) is 7.56. The summed E-state index contributed by atoms with van der Waals surface area (Å²) in [6.45, 7) is 2.93. The lowest BCUT2D eigenvalue weighted by molar-refractivity contribution is 0.414. The van der Waals surface area contributed by atoms with Crippen LogP contribution in [0.2, 0.25) is 0 Å². The monoisotopic (exact) mass is 346 g/mol. The molecule has 0 bridgehead atoms. The molecule has 0 saturated heterocycles. The molecule has 2 N–H and O–H groups in total. The summed E-state index contributed by atoms with van der Waals surface area (Å²) >= 11 is 7.13. The third kappa shape index (κ3) is 6.50. The van der Waals surface area contributed by atoms with Crippen molar-refractivity contribution >= 4 is 34.8 Å². The second kappa shape index (κ2) is 9.43. The Kier molecular flexibility index (Phi) is 7.23. The molecule has 0 amide bonds. The van der Waals surface area contributed by atoms with Gasteiger partial charge in [-0.1, -0.05) is 17.7 Å². The Labute approximate surface area is 147 Å². The van der Waals surface area contributed by atoms with Gasteiger partial charge in [0.2, 0.25) is 0 Å². The van der Waals surface area contributed by atoms with Gasteiger partial charge < -0.3 is 15.4 Å². The summed E-state index contributed by atoms with van der Waals surface area (Å²) in [5.41, 5.74) is 2.26. The van der Waals surface area contributed by atoms with Crippen molar-refractivity contribution in [1.29, 1.82) is 0 Å². The molecule has 5 heteroatoms. The predicted octanol–water partition coefficient (Wildman–Crippen LogP) is 4.47. The Bertz CT molecular complexity index is 612. The first-order chi connectivity index (χ1) is 11.2. The average Bonchev–Trinajstić information content (AvgIpc) is 2.57. The lowest BCUT2D eigenvalue weighted by atomic mass is 10.2. The Hall–Kier alpha value is -1.72. The smallest absolute Gasteiger partial charge is 0.170 e. The zero-order chi connectivity index (χ0) is 16.5. The number of methoxy groups -OCH3 is 1. The summed E-state index contributed by atoms with van der Waals surface area (Å²) in [6, 6.07) is 16.3. The molecular formula is C18H22N2OS2. The zero-order valence-corrected chi connectivity index (χ0v) is 15.1. The molecule has 3 nitrogen and oxygen atoms in total. The normalized spacial score (nSPS) is 10.2. The fraction of sp³-hybridized carbons (Fsp3) is 0.278. The van der Waals surface area contributed by atoms with Crippen molar-refractivity contribution in [1.82, 2.24) is 5.32 Å². The lowest BCUT2D eigenvalue weighted by Gasteiger charge is -2.10. The van der Waals surface area contributed by atoms with Crippen LogP contribution in [0.5, 0.6) is 5.75 Å². The predicted molar refractivity (Wildman–Crippen MR) is 104 cm³/mol. The Morgan fingerprint density at radius 1 is 1.09 bits per heavy atom. The first-order valence-corrected chi connectivity index (χ1v) is 8.95. The maximum absolute atomic E-state index is 5.30. The van der Waals surface area contributed by atoms with Gasteiger partial charge in [-0.05, 0) is 67.7 Å². The molecule has 122 valence electrons. The van der Waals surface area contributed by atoms with Crippen LogP contribution >= 0.6 is 24.0 Å². The Balaban J connectivity index is 1.61. The van der Waals surface area contributed by atoms with Crippen molar-refractivity contribution in [2.45, 2.75) is 18.2 Å². The zero-order valence-electron chi connectivity index (χ0n) is 13.5. The van der Waals surface area contributed by atoms with Crippen LogP contribution in [0.1, 0.15) is 12.0 Å². The summed E-state index contributed by atoms with van der Waals surface area (Å²) in [5, 5.41) is 7.10. The SMILES string of the molecule is COc1ccc(SCCCNC(=S)Nc2ccc(C)cc2)cc1. The minimum Gasteiger partial charge on any atom is -0.497 e. The van der Waals surface area contributed by atoms with Crippen molar-refractivity contribution in [3.8, 4) is 5.75 Å². The number of thioether (sulfide) groups is 1. The third-order valence-electron chi connectivity index (χ3n) is 3.24. The highest BCUT2D eigenvalue weighted by Crippen LogP contribution is 2.21. The van der Waals surface area contributed by atoms with E-state index in [4.69, 9.17) is 17.0 Å². The van der Waals surface area contributed by atoms with E-state index in [9.17, 15) is 0 Å². The maximum atomic E-state index is 5.30. The van der Waals surface area contributed by atoms with Crippen molar-refractivity contribution in [3.05, 3.63) is 54.1 Å². The molecular weight excluding hydrogens is 324 g/mol. The van der Waals surface area contributed by atoms with Gasteiger partial charge in [0, 0.05) is 17.1 Å². The van der Waals surface area contributed by atoms with E-state index in [-0.39, 0.29) is 0 Å². The van der Waals surface area contributed by atoms with E-state index in [0.717, 1.165) is 30.2 Å². The van der Waals surface area contributed by atoms with Crippen molar-refractivity contribution in [2.24, 2.45) is 0 Å². The number of anilines is 1. The molecule has 0 atom stereocenters. The van der Waals surface area contributed by atoms with Gasteiger partial charge in [0.1, 0.15) is 5.75 Å². The van der Waals surface area contributed by atoms with Crippen molar-refractivity contribution in [3.63, 3.8) is 0 Å². The van der Waals surface area contributed by atoms with E-state index < -0.39 is 0 Å². The molecule has 0 aliphatic rings. The minimum absolute atomic E-state index is 0.670. The largest absolute Gasteiger partial charge is 0.497 e. The van der Waals surface area contributed by atoms with Crippen LogP contribution in [-0.4, -0.2) is 24.5 Å². The summed E-state index contributed by atoms with van der Waals surface area (Å²) in [4.78, 5) is 1.26. The van der Waals surface area contributed by atoms with Gasteiger partial charge in [-0.2, -0.15) is 0 Å². The second-order valence-corrected chi connectivity index (χ2v) is 6.70. The van der Waals surface area contributed by atoms with E-state index in [1.54, 1.807) is 7.11 Å². The van der Waals surface area contributed by atoms with Crippen molar-refractivity contribution < 1.29 is 4.74 Å². The number of ether oxygens (including phenoxy) is 1. The van der Waals surface area contributed by atoms with Crippen LogP contribution in [0.4, 0.5) is 5.69 Å².